The highest BCUT2D eigenvalue weighted by Gasteiger charge is 2.01. The molecular formula is C14H18N2S. The van der Waals surface area contributed by atoms with Gasteiger partial charge in [-0.1, -0.05) is 12.1 Å². The lowest BCUT2D eigenvalue weighted by Gasteiger charge is -2.16. The van der Waals surface area contributed by atoms with Crippen LogP contribution in [0.2, 0.25) is 0 Å². The van der Waals surface area contributed by atoms with E-state index in [0.717, 1.165) is 25.2 Å². The van der Waals surface area contributed by atoms with Gasteiger partial charge in [0.2, 0.25) is 0 Å². The fraction of sp³-hybridized carbons (Fsp3) is 0.286. The van der Waals surface area contributed by atoms with Crippen molar-refractivity contribution in [1.82, 2.24) is 4.90 Å². The average molecular weight is 246 g/mol. The zero-order valence-electron chi connectivity index (χ0n) is 10.1. The molecule has 1 aromatic heterocycles. The van der Waals surface area contributed by atoms with Crippen LogP contribution in [0.15, 0.2) is 41.1 Å². The molecule has 0 bridgehead atoms. The highest BCUT2D eigenvalue weighted by atomic mass is 32.1. The zero-order valence-corrected chi connectivity index (χ0v) is 10.9. The van der Waals surface area contributed by atoms with Crippen LogP contribution in [0, 0.1) is 0 Å². The maximum atomic E-state index is 5.77. The first kappa shape index (κ1) is 12.1. The molecule has 0 saturated heterocycles. The van der Waals surface area contributed by atoms with Crippen LogP contribution in [0.3, 0.4) is 0 Å². The first-order valence-electron chi connectivity index (χ1n) is 5.78. The number of likely N-dealkylation sites (N-methyl/N-ethyl adjacent to an activating group) is 1. The van der Waals surface area contributed by atoms with Gasteiger partial charge in [-0.2, -0.15) is 11.3 Å². The fourth-order valence-electron chi connectivity index (χ4n) is 1.84. The van der Waals surface area contributed by atoms with Crippen molar-refractivity contribution < 1.29 is 0 Å². The predicted octanol–water partition coefficient (Wildman–Crippen LogP) is 3.00. The highest BCUT2D eigenvalue weighted by molar-refractivity contribution is 7.07. The van der Waals surface area contributed by atoms with Gasteiger partial charge in [0.25, 0.3) is 0 Å². The third kappa shape index (κ3) is 3.88. The van der Waals surface area contributed by atoms with Crippen molar-refractivity contribution >= 4 is 17.0 Å². The number of nitrogens with zero attached hydrogens (tertiary/aromatic N) is 1. The van der Waals surface area contributed by atoms with Crippen molar-refractivity contribution in [1.29, 1.82) is 0 Å². The van der Waals surface area contributed by atoms with Crippen LogP contribution in [0.1, 0.15) is 11.1 Å². The molecule has 0 aliphatic carbocycles. The van der Waals surface area contributed by atoms with E-state index in [-0.39, 0.29) is 0 Å². The number of rotatable bonds is 5. The first-order chi connectivity index (χ1) is 8.24. The standard InChI is InChI=1S/C14H18N2S/c1-16(7-5-12-6-8-17-11-12)10-13-3-2-4-14(15)9-13/h2-4,6,8-9,11H,5,7,10,15H2,1H3. The summed E-state index contributed by atoms with van der Waals surface area (Å²) in [7, 11) is 2.15. The quantitative estimate of drug-likeness (QED) is 0.822. The van der Waals surface area contributed by atoms with Crippen LogP contribution >= 0.6 is 11.3 Å². The number of nitrogens with two attached hydrogens (primary N) is 1. The summed E-state index contributed by atoms with van der Waals surface area (Å²) in [5.74, 6) is 0. The van der Waals surface area contributed by atoms with Crippen molar-refractivity contribution in [3.63, 3.8) is 0 Å². The van der Waals surface area contributed by atoms with E-state index in [2.05, 4.69) is 34.8 Å². The van der Waals surface area contributed by atoms with Gasteiger partial charge in [-0.3, -0.25) is 0 Å². The Morgan fingerprint density at radius 1 is 1.24 bits per heavy atom. The molecule has 2 N–H and O–H groups in total. The van der Waals surface area contributed by atoms with Crippen molar-refractivity contribution in [2.75, 3.05) is 19.3 Å². The van der Waals surface area contributed by atoms with Crippen molar-refractivity contribution in [3.05, 3.63) is 52.2 Å². The summed E-state index contributed by atoms with van der Waals surface area (Å²) in [6.07, 6.45) is 1.11. The maximum absolute atomic E-state index is 5.77. The van der Waals surface area contributed by atoms with Gasteiger partial charge in [-0.15, -0.1) is 0 Å². The Kier molecular flexibility index (Phi) is 4.18. The zero-order chi connectivity index (χ0) is 12.1. The van der Waals surface area contributed by atoms with Crippen LogP contribution in [0.5, 0.6) is 0 Å². The lowest BCUT2D eigenvalue weighted by Crippen LogP contribution is -2.20. The molecule has 1 aromatic carbocycles. The molecule has 0 atom stereocenters. The molecule has 17 heavy (non-hydrogen) atoms. The lowest BCUT2D eigenvalue weighted by atomic mass is 10.2. The molecule has 0 aliphatic rings. The molecule has 3 heteroatoms. The maximum Gasteiger partial charge on any atom is 0.0317 e. The Balaban J connectivity index is 1.83. The molecule has 0 radical (unpaired) electrons. The van der Waals surface area contributed by atoms with Crippen molar-refractivity contribution in [3.8, 4) is 0 Å². The fourth-order valence-corrected chi connectivity index (χ4v) is 2.54. The van der Waals surface area contributed by atoms with E-state index in [1.165, 1.54) is 11.1 Å². The normalized spacial score (nSPS) is 10.9. The topological polar surface area (TPSA) is 29.3 Å². The van der Waals surface area contributed by atoms with Gasteiger partial charge in [-0.05, 0) is 53.6 Å². The minimum Gasteiger partial charge on any atom is -0.399 e. The smallest absolute Gasteiger partial charge is 0.0317 e. The number of thiophene rings is 1. The molecule has 0 amide bonds. The SMILES string of the molecule is CN(CCc1ccsc1)Cc1cccc(N)c1. The second-order valence-corrected chi connectivity index (χ2v) is 5.14. The van der Waals surface area contributed by atoms with Gasteiger partial charge < -0.3 is 10.6 Å². The average Bonchev–Trinajstić information content (AvgIpc) is 2.79. The van der Waals surface area contributed by atoms with Gasteiger partial charge in [0, 0.05) is 18.8 Å². The van der Waals surface area contributed by atoms with Crippen LogP contribution in [-0.2, 0) is 13.0 Å². The second kappa shape index (κ2) is 5.84. The summed E-state index contributed by atoms with van der Waals surface area (Å²) in [6, 6.07) is 10.3. The summed E-state index contributed by atoms with van der Waals surface area (Å²) in [4.78, 5) is 2.33. The van der Waals surface area contributed by atoms with Crippen molar-refractivity contribution in [2.45, 2.75) is 13.0 Å². The molecule has 2 nitrogen and oxygen atoms in total. The molecule has 0 aliphatic heterocycles. The van der Waals surface area contributed by atoms with Crippen LogP contribution in [0.4, 0.5) is 5.69 Å². The molecule has 0 spiro atoms. The lowest BCUT2D eigenvalue weighted by molar-refractivity contribution is 0.331. The minimum absolute atomic E-state index is 0.841. The number of hydrogen-bond acceptors (Lipinski definition) is 3. The largest absolute Gasteiger partial charge is 0.399 e. The third-order valence-corrected chi connectivity index (χ3v) is 3.50. The number of nitrogen functional groups attached to an aromatic ring is 1. The molecule has 0 saturated carbocycles. The summed E-state index contributed by atoms with van der Waals surface area (Å²) in [5, 5.41) is 4.35. The summed E-state index contributed by atoms with van der Waals surface area (Å²) < 4.78 is 0. The third-order valence-electron chi connectivity index (χ3n) is 2.77. The van der Waals surface area contributed by atoms with Gasteiger partial charge >= 0.3 is 0 Å². The Morgan fingerprint density at radius 2 is 2.12 bits per heavy atom. The highest BCUT2D eigenvalue weighted by Crippen LogP contribution is 2.10. The van der Waals surface area contributed by atoms with E-state index in [1.54, 1.807) is 11.3 Å². The van der Waals surface area contributed by atoms with E-state index < -0.39 is 0 Å². The monoisotopic (exact) mass is 246 g/mol. The first-order valence-corrected chi connectivity index (χ1v) is 6.72. The van der Waals surface area contributed by atoms with Gasteiger partial charge in [0.05, 0.1) is 0 Å². The second-order valence-electron chi connectivity index (χ2n) is 4.36. The Morgan fingerprint density at radius 3 is 2.82 bits per heavy atom. The van der Waals surface area contributed by atoms with Crippen molar-refractivity contribution in [2.24, 2.45) is 0 Å². The molecule has 1 heterocycles. The summed E-state index contributed by atoms with van der Waals surface area (Å²) >= 11 is 1.76. The van der Waals surface area contributed by atoms with E-state index in [9.17, 15) is 0 Å². The molecule has 0 unspecified atom stereocenters. The van der Waals surface area contributed by atoms with Gasteiger partial charge in [0.15, 0.2) is 0 Å². The number of anilines is 1. The molecule has 0 fully saturated rings. The van der Waals surface area contributed by atoms with Crippen LogP contribution in [-0.4, -0.2) is 18.5 Å². The Labute approximate surface area is 107 Å². The molecule has 2 aromatic rings. The summed E-state index contributed by atoms with van der Waals surface area (Å²) in [6.45, 7) is 2.03. The molecule has 2 rings (SSSR count). The van der Waals surface area contributed by atoms with Gasteiger partial charge in [-0.25, -0.2) is 0 Å². The minimum atomic E-state index is 0.841. The van der Waals surface area contributed by atoms with Gasteiger partial charge in [0.1, 0.15) is 0 Å². The molecular weight excluding hydrogens is 228 g/mol. The van der Waals surface area contributed by atoms with E-state index in [1.807, 2.05) is 18.2 Å². The van der Waals surface area contributed by atoms with Crippen LogP contribution < -0.4 is 5.73 Å². The predicted molar refractivity (Wildman–Crippen MR) is 75.2 cm³/mol. The van der Waals surface area contributed by atoms with E-state index in [4.69, 9.17) is 5.73 Å². The van der Waals surface area contributed by atoms with E-state index >= 15 is 0 Å². The summed E-state index contributed by atoms with van der Waals surface area (Å²) in [5.41, 5.74) is 9.31. The number of hydrogen-bond donors (Lipinski definition) is 1. The number of benzene rings is 1. The Bertz CT molecular complexity index is 451. The molecule has 90 valence electrons. The Hall–Kier alpha value is -1.32. The van der Waals surface area contributed by atoms with E-state index in [0.29, 0.717) is 0 Å². The van der Waals surface area contributed by atoms with Crippen LogP contribution in [0.25, 0.3) is 0 Å².